The molecule has 0 aromatic heterocycles. The SMILES string of the molecule is C=C(Cc1ccccc1)c1cccc(C(=O)OCC)c1. The number of hydrogen-bond acceptors (Lipinski definition) is 2. The summed E-state index contributed by atoms with van der Waals surface area (Å²) < 4.78 is 5.01. The van der Waals surface area contributed by atoms with E-state index < -0.39 is 0 Å². The maximum absolute atomic E-state index is 11.7. The van der Waals surface area contributed by atoms with Crippen LogP contribution in [-0.4, -0.2) is 12.6 Å². The summed E-state index contributed by atoms with van der Waals surface area (Å²) >= 11 is 0. The van der Waals surface area contributed by atoms with Gasteiger partial charge >= 0.3 is 5.97 Å². The second-order valence-corrected chi connectivity index (χ2v) is 4.57. The molecule has 0 saturated heterocycles. The van der Waals surface area contributed by atoms with E-state index in [-0.39, 0.29) is 5.97 Å². The number of carbonyl (C=O) groups excluding carboxylic acids is 1. The Hall–Kier alpha value is -2.35. The smallest absolute Gasteiger partial charge is 0.338 e. The van der Waals surface area contributed by atoms with E-state index in [0.717, 1.165) is 17.6 Å². The van der Waals surface area contributed by atoms with Crippen LogP contribution in [0.15, 0.2) is 61.2 Å². The highest BCUT2D eigenvalue weighted by Crippen LogP contribution is 2.19. The third-order valence-corrected chi connectivity index (χ3v) is 3.04. The number of rotatable bonds is 5. The number of carbonyl (C=O) groups is 1. The Balaban J connectivity index is 2.14. The topological polar surface area (TPSA) is 26.3 Å². The van der Waals surface area contributed by atoms with E-state index in [4.69, 9.17) is 4.74 Å². The lowest BCUT2D eigenvalue weighted by Crippen LogP contribution is -2.05. The molecule has 0 radical (unpaired) electrons. The zero-order valence-corrected chi connectivity index (χ0v) is 11.6. The van der Waals surface area contributed by atoms with Crippen molar-refractivity contribution in [2.24, 2.45) is 0 Å². The van der Waals surface area contributed by atoms with Crippen LogP contribution in [0.5, 0.6) is 0 Å². The minimum Gasteiger partial charge on any atom is -0.462 e. The zero-order valence-electron chi connectivity index (χ0n) is 11.6. The molecule has 2 aromatic rings. The predicted octanol–water partition coefficient (Wildman–Crippen LogP) is 4.12. The minimum atomic E-state index is -0.290. The van der Waals surface area contributed by atoms with Crippen molar-refractivity contribution in [2.45, 2.75) is 13.3 Å². The summed E-state index contributed by atoms with van der Waals surface area (Å²) in [5, 5.41) is 0. The summed E-state index contributed by atoms with van der Waals surface area (Å²) in [6.07, 6.45) is 0.771. The van der Waals surface area contributed by atoms with Gasteiger partial charge in [0, 0.05) is 0 Å². The first-order chi connectivity index (χ1) is 9.70. The van der Waals surface area contributed by atoms with Crippen LogP contribution in [0, 0.1) is 0 Å². The quantitative estimate of drug-likeness (QED) is 0.761. The Kier molecular flexibility index (Phi) is 4.72. The van der Waals surface area contributed by atoms with Gasteiger partial charge in [-0.05, 0) is 42.2 Å². The molecule has 0 atom stereocenters. The van der Waals surface area contributed by atoms with Crippen LogP contribution >= 0.6 is 0 Å². The number of hydrogen-bond donors (Lipinski definition) is 0. The molecule has 0 aliphatic carbocycles. The van der Waals surface area contributed by atoms with Crippen LogP contribution in [0.1, 0.15) is 28.4 Å². The molecule has 2 aromatic carbocycles. The van der Waals surface area contributed by atoms with Crippen molar-refractivity contribution in [3.05, 3.63) is 77.9 Å². The standard InChI is InChI=1S/C18H18O2/c1-3-20-18(19)17-11-7-10-16(13-17)14(2)12-15-8-5-4-6-9-15/h4-11,13H,2-3,12H2,1H3. The van der Waals surface area contributed by atoms with E-state index >= 15 is 0 Å². The first-order valence-corrected chi connectivity index (χ1v) is 6.70. The average Bonchev–Trinajstić information content (AvgIpc) is 2.48. The van der Waals surface area contributed by atoms with E-state index in [9.17, 15) is 4.79 Å². The third-order valence-electron chi connectivity index (χ3n) is 3.04. The van der Waals surface area contributed by atoms with Crippen LogP contribution in [0.25, 0.3) is 5.57 Å². The van der Waals surface area contributed by atoms with Crippen LogP contribution < -0.4 is 0 Å². The van der Waals surface area contributed by atoms with Gasteiger partial charge in [-0.1, -0.05) is 49.0 Å². The fourth-order valence-corrected chi connectivity index (χ4v) is 2.02. The van der Waals surface area contributed by atoms with Gasteiger partial charge in [0.2, 0.25) is 0 Å². The van der Waals surface area contributed by atoms with E-state index in [1.54, 1.807) is 13.0 Å². The summed E-state index contributed by atoms with van der Waals surface area (Å²) in [6.45, 7) is 6.30. The Morgan fingerprint density at radius 1 is 1.05 bits per heavy atom. The highest BCUT2D eigenvalue weighted by atomic mass is 16.5. The van der Waals surface area contributed by atoms with Gasteiger partial charge in [-0.15, -0.1) is 0 Å². The highest BCUT2D eigenvalue weighted by Gasteiger charge is 2.08. The molecule has 0 spiro atoms. The Bertz CT molecular complexity index is 600. The van der Waals surface area contributed by atoms with Gasteiger partial charge in [0.25, 0.3) is 0 Å². The van der Waals surface area contributed by atoms with E-state index in [0.29, 0.717) is 12.2 Å². The Morgan fingerprint density at radius 3 is 2.45 bits per heavy atom. The fraction of sp³-hybridized carbons (Fsp3) is 0.167. The molecule has 0 unspecified atom stereocenters. The first-order valence-electron chi connectivity index (χ1n) is 6.70. The molecular weight excluding hydrogens is 248 g/mol. The lowest BCUT2D eigenvalue weighted by atomic mass is 9.98. The molecule has 0 aliphatic rings. The molecule has 0 amide bonds. The van der Waals surface area contributed by atoms with Crippen molar-refractivity contribution in [2.75, 3.05) is 6.61 Å². The summed E-state index contributed by atoms with van der Waals surface area (Å²) in [4.78, 5) is 11.7. The summed E-state index contributed by atoms with van der Waals surface area (Å²) in [5.41, 5.74) is 3.74. The molecule has 0 N–H and O–H groups in total. The average molecular weight is 266 g/mol. The van der Waals surface area contributed by atoms with Crippen molar-refractivity contribution in [1.29, 1.82) is 0 Å². The van der Waals surface area contributed by atoms with Crippen LogP contribution in [0.3, 0.4) is 0 Å². The molecule has 0 bridgehead atoms. The lowest BCUT2D eigenvalue weighted by Gasteiger charge is -2.08. The summed E-state index contributed by atoms with van der Waals surface area (Å²) in [5.74, 6) is -0.290. The van der Waals surface area contributed by atoms with E-state index in [1.807, 2.05) is 36.4 Å². The summed E-state index contributed by atoms with van der Waals surface area (Å²) in [6, 6.07) is 17.6. The predicted molar refractivity (Wildman–Crippen MR) is 81.6 cm³/mol. The molecule has 0 fully saturated rings. The minimum absolute atomic E-state index is 0.290. The Morgan fingerprint density at radius 2 is 1.75 bits per heavy atom. The van der Waals surface area contributed by atoms with E-state index in [1.165, 1.54) is 5.56 Å². The van der Waals surface area contributed by atoms with Crippen molar-refractivity contribution in [3.8, 4) is 0 Å². The monoisotopic (exact) mass is 266 g/mol. The van der Waals surface area contributed by atoms with Crippen molar-refractivity contribution in [3.63, 3.8) is 0 Å². The number of ether oxygens (including phenoxy) is 1. The van der Waals surface area contributed by atoms with Crippen molar-refractivity contribution >= 4 is 11.5 Å². The van der Waals surface area contributed by atoms with Gasteiger partial charge < -0.3 is 4.74 Å². The van der Waals surface area contributed by atoms with E-state index in [2.05, 4.69) is 18.7 Å². The van der Waals surface area contributed by atoms with Crippen LogP contribution in [-0.2, 0) is 11.2 Å². The largest absolute Gasteiger partial charge is 0.462 e. The molecule has 102 valence electrons. The molecule has 2 heteroatoms. The summed E-state index contributed by atoms with van der Waals surface area (Å²) in [7, 11) is 0. The molecule has 2 nitrogen and oxygen atoms in total. The normalized spacial score (nSPS) is 10.1. The van der Waals surface area contributed by atoms with Crippen LogP contribution in [0.2, 0.25) is 0 Å². The van der Waals surface area contributed by atoms with Crippen molar-refractivity contribution < 1.29 is 9.53 Å². The first kappa shape index (κ1) is 14.1. The van der Waals surface area contributed by atoms with Gasteiger partial charge in [-0.25, -0.2) is 4.79 Å². The molecule has 0 saturated carbocycles. The molecular formula is C18H18O2. The maximum Gasteiger partial charge on any atom is 0.338 e. The van der Waals surface area contributed by atoms with Gasteiger partial charge in [0.05, 0.1) is 12.2 Å². The van der Waals surface area contributed by atoms with Crippen molar-refractivity contribution in [1.82, 2.24) is 0 Å². The maximum atomic E-state index is 11.7. The highest BCUT2D eigenvalue weighted by molar-refractivity contribution is 5.90. The number of allylic oxidation sites excluding steroid dienone is 1. The number of benzene rings is 2. The lowest BCUT2D eigenvalue weighted by molar-refractivity contribution is 0.0526. The zero-order chi connectivity index (χ0) is 14.4. The molecule has 0 heterocycles. The number of esters is 1. The Labute approximate surface area is 119 Å². The second kappa shape index (κ2) is 6.71. The van der Waals surface area contributed by atoms with Gasteiger partial charge in [0.15, 0.2) is 0 Å². The molecule has 2 rings (SSSR count). The van der Waals surface area contributed by atoms with Gasteiger partial charge in [0.1, 0.15) is 0 Å². The third kappa shape index (κ3) is 3.58. The van der Waals surface area contributed by atoms with Gasteiger partial charge in [-0.3, -0.25) is 0 Å². The molecule has 20 heavy (non-hydrogen) atoms. The van der Waals surface area contributed by atoms with Gasteiger partial charge in [-0.2, -0.15) is 0 Å². The fourth-order valence-electron chi connectivity index (χ4n) is 2.02. The van der Waals surface area contributed by atoms with Crippen LogP contribution in [0.4, 0.5) is 0 Å². The second-order valence-electron chi connectivity index (χ2n) is 4.57. The molecule has 0 aliphatic heterocycles.